The lowest BCUT2D eigenvalue weighted by molar-refractivity contribution is 0.0781. The number of halogens is 1. The van der Waals surface area contributed by atoms with Gasteiger partial charge in [-0.3, -0.25) is 14.8 Å². The number of aliphatic hydroxyl groups excluding tert-OH is 1. The largest absolute Gasteiger partial charge is 0.391 e. The Morgan fingerprint density at radius 2 is 1.83 bits per heavy atom. The van der Waals surface area contributed by atoms with Crippen LogP contribution in [0.5, 0.6) is 0 Å². The van der Waals surface area contributed by atoms with Crippen molar-refractivity contribution in [3.63, 3.8) is 0 Å². The second-order valence-corrected chi connectivity index (χ2v) is 9.23. The van der Waals surface area contributed by atoms with Crippen molar-refractivity contribution in [1.82, 2.24) is 15.3 Å². The molecule has 4 rings (SSSR count). The lowest BCUT2D eigenvalue weighted by Crippen LogP contribution is -2.46. The molecule has 0 bridgehead atoms. The third-order valence-electron chi connectivity index (χ3n) is 6.56. The minimum absolute atomic E-state index is 0.264. The van der Waals surface area contributed by atoms with Crippen LogP contribution in [0, 0.1) is 11.7 Å². The first-order chi connectivity index (χ1) is 16.8. The van der Waals surface area contributed by atoms with E-state index in [4.69, 9.17) is 0 Å². The molecule has 1 aliphatic rings. The normalized spacial score (nSPS) is 15.4. The van der Waals surface area contributed by atoms with E-state index in [1.54, 1.807) is 37.5 Å². The van der Waals surface area contributed by atoms with E-state index < -0.39 is 6.10 Å². The van der Waals surface area contributed by atoms with Crippen molar-refractivity contribution >= 4 is 22.9 Å². The van der Waals surface area contributed by atoms with E-state index in [9.17, 15) is 14.3 Å². The molecule has 1 saturated carbocycles. The van der Waals surface area contributed by atoms with Crippen LogP contribution in [0.15, 0.2) is 61.6 Å². The highest BCUT2D eigenvalue weighted by atomic mass is 19.1. The van der Waals surface area contributed by atoms with Crippen LogP contribution in [0.2, 0.25) is 0 Å². The number of anilines is 2. The molecule has 6 nitrogen and oxygen atoms in total. The lowest BCUT2D eigenvalue weighted by Gasteiger charge is -2.27. The minimum Gasteiger partial charge on any atom is -0.391 e. The van der Waals surface area contributed by atoms with Crippen LogP contribution in [0.3, 0.4) is 0 Å². The number of benzene rings is 1. The highest BCUT2D eigenvalue weighted by Crippen LogP contribution is 2.32. The van der Waals surface area contributed by atoms with Crippen LogP contribution in [0.4, 0.5) is 15.8 Å². The van der Waals surface area contributed by atoms with E-state index in [0.717, 1.165) is 48.1 Å². The number of nitrogens with one attached hydrogen (secondary N) is 2. The van der Waals surface area contributed by atoms with Crippen molar-refractivity contribution < 1.29 is 14.3 Å². The van der Waals surface area contributed by atoms with Crippen LogP contribution in [-0.2, 0) is 0 Å². The lowest BCUT2D eigenvalue weighted by atomic mass is 9.93. The summed E-state index contributed by atoms with van der Waals surface area (Å²) in [5, 5.41) is 16.7. The average molecular weight is 475 g/mol. The number of carbonyl (C=O) groups excluding carboxylic acids is 1. The summed E-state index contributed by atoms with van der Waals surface area (Å²) in [4.78, 5) is 22.0. The molecular formula is C28H31FN4O2. The van der Waals surface area contributed by atoms with Gasteiger partial charge in [-0.1, -0.05) is 19.4 Å². The zero-order valence-electron chi connectivity index (χ0n) is 20.1. The standard InChI is InChI=1S/C28H31FN4O2/c1-17(2)22-16-31-25(19-8-10-21(29)11-9-19)14-26(22)32-24-12-13-30-15-23(24)28(35)33-27(18(3)34)20-6-4-5-7-20/h8-16,18,20,27,34H,1,4-7H2,2-3H3,(H,33,35)(H,30,31,32)/t18-,27?/m0/s1. The number of allylic oxidation sites excluding steroid dienone is 1. The van der Waals surface area contributed by atoms with E-state index in [1.165, 1.54) is 18.3 Å². The van der Waals surface area contributed by atoms with E-state index in [-0.39, 0.29) is 23.7 Å². The average Bonchev–Trinajstić information content (AvgIpc) is 3.37. The molecule has 35 heavy (non-hydrogen) atoms. The Morgan fingerprint density at radius 1 is 1.11 bits per heavy atom. The van der Waals surface area contributed by atoms with Gasteiger partial charge in [-0.25, -0.2) is 4.39 Å². The second kappa shape index (κ2) is 10.8. The molecule has 7 heteroatoms. The Hall–Kier alpha value is -3.58. The smallest absolute Gasteiger partial charge is 0.255 e. The first-order valence-electron chi connectivity index (χ1n) is 12.0. The number of aromatic nitrogens is 2. The van der Waals surface area contributed by atoms with Gasteiger partial charge in [-0.05, 0) is 74.6 Å². The molecule has 3 aromatic rings. The van der Waals surface area contributed by atoms with Gasteiger partial charge in [0.15, 0.2) is 0 Å². The van der Waals surface area contributed by atoms with Crippen LogP contribution in [0.1, 0.15) is 55.5 Å². The summed E-state index contributed by atoms with van der Waals surface area (Å²) in [6, 6.07) is 9.42. The highest BCUT2D eigenvalue weighted by molar-refractivity contribution is 6.00. The maximum atomic E-state index is 13.4. The van der Waals surface area contributed by atoms with Gasteiger partial charge in [0.2, 0.25) is 0 Å². The molecule has 3 N–H and O–H groups in total. The number of hydrogen-bond donors (Lipinski definition) is 3. The van der Waals surface area contributed by atoms with Crippen LogP contribution in [-0.4, -0.2) is 33.1 Å². The van der Waals surface area contributed by atoms with E-state index in [0.29, 0.717) is 16.9 Å². The number of pyridine rings is 2. The van der Waals surface area contributed by atoms with Crippen molar-refractivity contribution in [1.29, 1.82) is 0 Å². The maximum Gasteiger partial charge on any atom is 0.255 e. The molecule has 2 atom stereocenters. The molecule has 1 unspecified atom stereocenters. The van der Waals surface area contributed by atoms with Crippen molar-refractivity contribution in [2.24, 2.45) is 5.92 Å². The molecule has 1 amide bonds. The zero-order chi connectivity index (χ0) is 24.9. The predicted octanol–water partition coefficient (Wildman–Crippen LogP) is 5.73. The summed E-state index contributed by atoms with van der Waals surface area (Å²) in [7, 11) is 0. The predicted molar refractivity (Wildman–Crippen MR) is 137 cm³/mol. The minimum atomic E-state index is -0.649. The SMILES string of the molecule is C=C(C)c1cnc(-c2ccc(F)cc2)cc1Nc1ccncc1C(=O)NC(C1CCCC1)[C@H](C)O. The molecule has 0 spiro atoms. The van der Waals surface area contributed by atoms with Gasteiger partial charge in [-0.15, -0.1) is 0 Å². The number of hydrogen-bond acceptors (Lipinski definition) is 5. The second-order valence-electron chi connectivity index (χ2n) is 9.23. The summed E-state index contributed by atoms with van der Waals surface area (Å²) < 4.78 is 13.4. The van der Waals surface area contributed by atoms with Crippen molar-refractivity contribution in [2.45, 2.75) is 51.7 Å². The van der Waals surface area contributed by atoms with E-state index in [1.807, 2.05) is 13.0 Å². The number of amides is 1. The van der Waals surface area contributed by atoms with Gasteiger partial charge in [0.1, 0.15) is 5.82 Å². The summed E-state index contributed by atoms with van der Waals surface area (Å²) in [6.07, 6.45) is 8.44. The Balaban J connectivity index is 1.64. The summed E-state index contributed by atoms with van der Waals surface area (Å²) in [5.74, 6) is -0.338. The molecule has 1 aliphatic carbocycles. The molecule has 2 aromatic heterocycles. The zero-order valence-corrected chi connectivity index (χ0v) is 20.1. The van der Waals surface area contributed by atoms with Crippen molar-refractivity contribution in [3.05, 3.63) is 78.5 Å². The Labute approximate surface area is 205 Å². The Bertz CT molecular complexity index is 1200. The summed E-state index contributed by atoms with van der Waals surface area (Å²) in [5.41, 5.74) is 4.71. The number of aliphatic hydroxyl groups is 1. The molecule has 0 aliphatic heterocycles. The summed E-state index contributed by atoms with van der Waals surface area (Å²) >= 11 is 0. The van der Waals surface area contributed by atoms with Crippen LogP contribution in [0.25, 0.3) is 16.8 Å². The first kappa shape index (κ1) is 24.5. The highest BCUT2D eigenvalue weighted by Gasteiger charge is 2.30. The summed E-state index contributed by atoms with van der Waals surface area (Å²) in [6.45, 7) is 7.66. The van der Waals surface area contributed by atoms with Gasteiger partial charge >= 0.3 is 0 Å². The quantitative estimate of drug-likeness (QED) is 0.388. The fourth-order valence-corrected chi connectivity index (χ4v) is 4.68. The number of nitrogens with zero attached hydrogens (tertiary/aromatic N) is 2. The Kier molecular flexibility index (Phi) is 7.56. The monoisotopic (exact) mass is 474 g/mol. The van der Waals surface area contributed by atoms with E-state index >= 15 is 0 Å². The van der Waals surface area contributed by atoms with Crippen molar-refractivity contribution in [2.75, 3.05) is 5.32 Å². The topological polar surface area (TPSA) is 87.1 Å². The number of rotatable bonds is 8. The van der Waals surface area contributed by atoms with Gasteiger partial charge in [-0.2, -0.15) is 0 Å². The Morgan fingerprint density at radius 3 is 2.49 bits per heavy atom. The van der Waals surface area contributed by atoms with Crippen LogP contribution >= 0.6 is 0 Å². The third-order valence-corrected chi connectivity index (χ3v) is 6.56. The molecule has 1 aromatic carbocycles. The van der Waals surface area contributed by atoms with Gasteiger partial charge in [0.05, 0.1) is 29.1 Å². The van der Waals surface area contributed by atoms with E-state index in [2.05, 4.69) is 27.2 Å². The third kappa shape index (κ3) is 5.74. The maximum absolute atomic E-state index is 13.4. The van der Waals surface area contributed by atoms with Gasteiger partial charge in [0, 0.05) is 35.4 Å². The molecule has 2 heterocycles. The fraction of sp³-hybridized carbons (Fsp3) is 0.321. The van der Waals surface area contributed by atoms with Gasteiger partial charge < -0.3 is 15.7 Å². The van der Waals surface area contributed by atoms with Gasteiger partial charge in [0.25, 0.3) is 5.91 Å². The fourth-order valence-electron chi connectivity index (χ4n) is 4.68. The molecule has 0 radical (unpaired) electrons. The molecule has 182 valence electrons. The van der Waals surface area contributed by atoms with Crippen LogP contribution < -0.4 is 10.6 Å². The molecular weight excluding hydrogens is 443 g/mol. The number of carbonyl (C=O) groups is 1. The van der Waals surface area contributed by atoms with Crippen molar-refractivity contribution in [3.8, 4) is 11.3 Å². The molecule has 1 fully saturated rings. The molecule has 0 saturated heterocycles. The first-order valence-corrected chi connectivity index (χ1v) is 12.0.